The summed E-state index contributed by atoms with van der Waals surface area (Å²) in [6, 6.07) is 4.69. The molecule has 0 bridgehead atoms. The Morgan fingerprint density at radius 3 is 2.68 bits per heavy atom. The highest BCUT2D eigenvalue weighted by atomic mass is 15.1. The molecule has 0 saturated carbocycles. The van der Waals surface area contributed by atoms with Crippen LogP contribution in [0.15, 0.2) is 65.6 Å². The summed E-state index contributed by atoms with van der Waals surface area (Å²) in [4.78, 5) is 0. The zero-order valence-electron chi connectivity index (χ0n) is 14.4. The number of nitrogens with one attached hydrogen (secondary N) is 1. The van der Waals surface area contributed by atoms with Crippen LogP contribution in [0.4, 0.5) is 5.82 Å². The van der Waals surface area contributed by atoms with E-state index in [-0.39, 0.29) is 0 Å². The van der Waals surface area contributed by atoms with Gasteiger partial charge < -0.3 is 9.88 Å². The van der Waals surface area contributed by atoms with Gasteiger partial charge in [-0.15, -0.1) is 0 Å². The number of hydrogen-bond acceptors (Lipinski definition) is 1. The lowest BCUT2D eigenvalue weighted by atomic mass is 9.81. The van der Waals surface area contributed by atoms with E-state index in [1.54, 1.807) is 6.20 Å². The molecule has 0 spiro atoms. The van der Waals surface area contributed by atoms with Gasteiger partial charge in [-0.3, -0.25) is 0 Å². The van der Waals surface area contributed by atoms with Crippen LogP contribution in [0.5, 0.6) is 0 Å². The molecular weight excluding hydrogens is 268 g/mol. The monoisotopic (exact) mass is 296 g/mol. The molecule has 1 aliphatic rings. The fourth-order valence-electron chi connectivity index (χ4n) is 3.52. The molecular formula is C20H28N2. The van der Waals surface area contributed by atoms with Gasteiger partial charge in [-0.2, -0.15) is 0 Å². The number of anilines is 1. The lowest BCUT2D eigenvalue weighted by Gasteiger charge is -2.30. The molecule has 118 valence electrons. The molecule has 1 aliphatic carbocycles. The van der Waals surface area contributed by atoms with Crippen molar-refractivity contribution in [3.05, 3.63) is 65.6 Å². The van der Waals surface area contributed by atoms with E-state index in [1.807, 2.05) is 0 Å². The normalized spacial score (nSPS) is 18.1. The molecule has 0 saturated heterocycles. The van der Waals surface area contributed by atoms with Crippen molar-refractivity contribution in [3.63, 3.8) is 0 Å². The lowest BCUT2D eigenvalue weighted by Crippen LogP contribution is -2.17. The van der Waals surface area contributed by atoms with Crippen LogP contribution >= 0.6 is 0 Å². The second-order valence-corrected chi connectivity index (χ2v) is 6.46. The van der Waals surface area contributed by atoms with E-state index < -0.39 is 0 Å². The van der Waals surface area contributed by atoms with E-state index in [1.165, 1.54) is 34.3 Å². The minimum Gasteiger partial charge on any atom is -0.349 e. The van der Waals surface area contributed by atoms with Crippen LogP contribution in [0.3, 0.4) is 0 Å². The van der Waals surface area contributed by atoms with Crippen LogP contribution < -0.4 is 5.32 Å². The average Bonchev–Trinajstić information content (AvgIpc) is 2.89. The lowest BCUT2D eigenvalue weighted by molar-refractivity contribution is 0.447. The maximum Gasteiger partial charge on any atom is 0.110 e. The zero-order valence-corrected chi connectivity index (χ0v) is 14.4. The van der Waals surface area contributed by atoms with Gasteiger partial charge in [0.05, 0.1) is 0 Å². The van der Waals surface area contributed by atoms with Gasteiger partial charge in [-0.1, -0.05) is 29.9 Å². The Hall–Kier alpha value is -1.96. The molecule has 2 rings (SSSR count). The van der Waals surface area contributed by atoms with Crippen molar-refractivity contribution >= 4 is 5.82 Å². The summed E-state index contributed by atoms with van der Waals surface area (Å²) in [6.07, 6.45) is 7.31. The second kappa shape index (κ2) is 6.87. The topological polar surface area (TPSA) is 17.0 Å². The molecule has 0 amide bonds. The number of aromatic nitrogens is 1. The first kappa shape index (κ1) is 16.4. The Balaban J connectivity index is 2.35. The molecule has 1 heterocycles. The van der Waals surface area contributed by atoms with Gasteiger partial charge in [0.2, 0.25) is 0 Å². The first-order valence-electron chi connectivity index (χ1n) is 8.02. The highest BCUT2D eigenvalue weighted by Crippen LogP contribution is 2.40. The summed E-state index contributed by atoms with van der Waals surface area (Å²) in [5.74, 6) is 1.12. The SMILES string of the molecule is C=CNc1cccn1C1CCC(C)=C(C(C(=C)C)=C(C)C)C1. The summed E-state index contributed by atoms with van der Waals surface area (Å²) in [6.45, 7) is 16.7. The Labute approximate surface area is 134 Å². The molecule has 0 fully saturated rings. The molecule has 0 aromatic carbocycles. The molecule has 0 radical (unpaired) electrons. The Kier molecular flexibility index (Phi) is 5.12. The maximum absolute atomic E-state index is 4.20. The predicted octanol–water partition coefficient (Wildman–Crippen LogP) is 6.00. The number of hydrogen-bond donors (Lipinski definition) is 1. The van der Waals surface area contributed by atoms with Crippen LogP contribution in [0.1, 0.15) is 53.0 Å². The van der Waals surface area contributed by atoms with Gasteiger partial charge in [0.25, 0.3) is 0 Å². The summed E-state index contributed by atoms with van der Waals surface area (Å²) in [5.41, 5.74) is 6.90. The highest BCUT2D eigenvalue weighted by molar-refractivity contribution is 5.50. The van der Waals surface area contributed by atoms with Gasteiger partial charge in [0.1, 0.15) is 5.82 Å². The van der Waals surface area contributed by atoms with E-state index >= 15 is 0 Å². The van der Waals surface area contributed by atoms with E-state index in [9.17, 15) is 0 Å². The predicted molar refractivity (Wildman–Crippen MR) is 97.0 cm³/mol. The molecule has 1 atom stereocenters. The summed E-state index contributed by atoms with van der Waals surface area (Å²) in [7, 11) is 0. The van der Waals surface area contributed by atoms with Gasteiger partial charge in [0, 0.05) is 12.2 Å². The van der Waals surface area contributed by atoms with Gasteiger partial charge in [-0.05, 0) is 76.4 Å². The van der Waals surface area contributed by atoms with E-state index in [0.29, 0.717) is 6.04 Å². The second-order valence-electron chi connectivity index (χ2n) is 6.46. The molecule has 1 aromatic heterocycles. The average molecular weight is 296 g/mol. The number of rotatable bonds is 5. The minimum atomic E-state index is 0.491. The first-order valence-corrected chi connectivity index (χ1v) is 8.02. The summed E-state index contributed by atoms with van der Waals surface area (Å²) < 4.78 is 2.34. The van der Waals surface area contributed by atoms with Crippen LogP contribution in [0.2, 0.25) is 0 Å². The van der Waals surface area contributed by atoms with E-state index in [4.69, 9.17) is 0 Å². The molecule has 1 unspecified atom stereocenters. The van der Waals surface area contributed by atoms with Crippen LogP contribution in [-0.2, 0) is 0 Å². The van der Waals surface area contributed by atoms with E-state index in [0.717, 1.165) is 18.7 Å². The Morgan fingerprint density at radius 2 is 2.09 bits per heavy atom. The number of nitrogens with zero attached hydrogens (tertiary/aromatic N) is 1. The van der Waals surface area contributed by atoms with Crippen molar-refractivity contribution in [1.29, 1.82) is 0 Å². The Morgan fingerprint density at radius 1 is 1.36 bits per heavy atom. The van der Waals surface area contributed by atoms with Crippen LogP contribution in [-0.4, -0.2) is 4.57 Å². The summed E-state index contributed by atoms with van der Waals surface area (Å²) in [5, 5.41) is 3.24. The van der Waals surface area contributed by atoms with Crippen molar-refractivity contribution in [3.8, 4) is 0 Å². The third-order valence-corrected chi connectivity index (χ3v) is 4.46. The van der Waals surface area contributed by atoms with Crippen LogP contribution in [0, 0.1) is 0 Å². The maximum atomic E-state index is 4.20. The quantitative estimate of drug-likeness (QED) is 0.660. The number of allylic oxidation sites excluding steroid dienone is 5. The van der Waals surface area contributed by atoms with Crippen molar-refractivity contribution in [2.75, 3.05) is 5.32 Å². The van der Waals surface area contributed by atoms with Crippen molar-refractivity contribution in [2.45, 2.75) is 53.0 Å². The van der Waals surface area contributed by atoms with Gasteiger partial charge in [-0.25, -0.2) is 0 Å². The zero-order chi connectivity index (χ0) is 16.3. The fraction of sp³-hybridized carbons (Fsp3) is 0.400. The van der Waals surface area contributed by atoms with E-state index in [2.05, 4.69) is 69.1 Å². The smallest absolute Gasteiger partial charge is 0.110 e. The summed E-state index contributed by atoms with van der Waals surface area (Å²) >= 11 is 0. The molecule has 22 heavy (non-hydrogen) atoms. The molecule has 2 heteroatoms. The Bertz CT molecular complexity index is 636. The van der Waals surface area contributed by atoms with Gasteiger partial charge >= 0.3 is 0 Å². The third kappa shape index (κ3) is 3.27. The first-order chi connectivity index (χ1) is 10.5. The minimum absolute atomic E-state index is 0.491. The van der Waals surface area contributed by atoms with Crippen molar-refractivity contribution in [2.24, 2.45) is 0 Å². The third-order valence-electron chi connectivity index (χ3n) is 4.46. The van der Waals surface area contributed by atoms with Crippen LogP contribution in [0.25, 0.3) is 0 Å². The molecule has 0 aliphatic heterocycles. The molecule has 1 aromatic rings. The standard InChI is InChI=1S/C20H28N2/c1-7-21-19-9-8-12-22(19)17-11-10-16(6)18(13-17)20(14(2)3)15(4)5/h7-9,12,17,21H,1-2,10-11,13H2,3-6H3. The largest absolute Gasteiger partial charge is 0.349 e. The highest BCUT2D eigenvalue weighted by Gasteiger charge is 2.24. The van der Waals surface area contributed by atoms with Crippen molar-refractivity contribution in [1.82, 2.24) is 4.57 Å². The fourth-order valence-corrected chi connectivity index (χ4v) is 3.52. The van der Waals surface area contributed by atoms with Gasteiger partial charge in [0.15, 0.2) is 0 Å². The molecule has 1 N–H and O–H groups in total. The van der Waals surface area contributed by atoms with Crippen molar-refractivity contribution < 1.29 is 0 Å². The molecule has 2 nitrogen and oxygen atoms in total.